The first-order valence-corrected chi connectivity index (χ1v) is 6.35. The van der Waals surface area contributed by atoms with E-state index in [0.717, 1.165) is 22.3 Å². The Hall–Kier alpha value is -2.69. The summed E-state index contributed by atoms with van der Waals surface area (Å²) in [5.74, 6) is 0.444. The molecule has 0 fully saturated rings. The molecule has 2 aromatic rings. The van der Waals surface area contributed by atoms with Crippen LogP contribution in [0.5, 0.6) is 5.75 Å². The minimum absolute atomic E-state index is 0.145. The van der Waals surface area contributed by atoms with E-state index in [2.05, 4.69) is 9.72 Å². The van der Waals surface area contributed by atoms with Crippen molar-refractivity contribution in [3.63, 3.8) is 0 Å². The molecule has 0 aliphatic carbocycles. The summed E-state index contributed by atoms with van der Waals surface area (Å²) in [6.45, 7) is 0. The molecule has 5 heteroatoms. The van der Waals surface area contributed by atoms with E-state index >= 15 is 0 Å². The van der Waals surface area contributed by atoms with Gasteiger partial charge in [0, 0.05) is 16.6 Å². The van der Waals surface area contributed by atoms with Crippen molar-refractivity contribution in [1.82, 2.24) is 4.98 Å². The van der Waals surface area contributed by atoms with Crippen molar-refractivity contribution >= 4 is 22.9 Å². The van der Waals surface area contributed by atoms with Crippen molar-refractivity contribution in [2.75, 3.05) is 21.3 Å². The standard InChI is InChI=1S/C16H17NO4/c1-19-13-7-8-14-11(10-13)9-12(17-14)5-4-6-15(20-2)16(18)21-3/h4-10,17H,1-3H3/b5-4+,15-6-. The van der Waals surface area contributed by atoms with Gasteiger partial charge >= 0.3 is 5.97 Å². The van der Waals surface area contributed by atoms with Crippen LogP contribution in [0.4, 0.5) is 0 Å². The number of esters is 1. The maximum atomic E-state index is 11.3. The van der Waals surface area contributed by atoms with Crippen molar-refractivity contribution in [3.05, 3.63) is 47.9 Å². The number of hydrogen-bond acceptors (Lipinski definition) is 4. The van der Waals surface area contributed by atoms with Gasteiger partial charge in [-0.25, -0.2) is 4.79 Å². The molecule has 0 aliphatic heterocycles. The third-order valence-corrected chi connectivity index (χ3v) is 2.98. The summed E-state index contributed by atoms with van der Waals surface area (Å²) in [6, 6.07) is 7.80. The second-order valence-electron chi connectivity index (χ2n) is 4.26. The Morgan fingerprint density at radius 2 is 1.95 bits per heavy atom. The van der Waals surface area contributed by atoms with E-state index in [4.69, 9.17) is 9.47 Å². The number of benzene rings is 1. The molecule has 0 radical (unpaired) electrons. The first kappa shape index (κ1) is 14.7. The number of hydrogen-bond donors (Lipinski definition) is 1. The Labute approximate surface area is 122 Å². The number of carbonyl (C=O) groups excluding carboxylic acids is 1. The third-order valence-electron chi connectivity index (χ3n) is 2.98. The third kappa shape index (κ3) is 3.45. The lowest BCUT2D eigenvalue weighted by Gasteiger charge is -2.00. The predicted octanol–water partition coefficient (Wildman–Crippen LogP) is 2.89. The van der Waals surface area contributed by atoms with Gasteiger partial charge in [-0.1, -0.05) is 6.08 Å². The van der Waals surface area contributed by atoms with Crippen molar-refractivity contribution in [3.8, 4) is 5.75 Å². The highest BCUT2D eigenvalue weighted by molar-refractivity contribution is 5.87. The Balaban J connectivity index is 2.21. The van der Waals surface area contributed by atoms with E-state index in [0.29, 0.717) is 0 Å². The zero-order chi connectivity index (χ0) is 15.2. The van der Waals surface area contributed by atoms with Crippen LogP contribution in [0.25, 0.3) is 17.0 Å². The second kappa shape index (κ2) is 6.65. The second-order valence-corrected chi connectivity index (χ2v) is 4.26. The molecule has 110 valence electrons. The monoisotopic (exact) mass is 287 g/mol. The summed E-state index contributed by atoms with van der Waals surface area (Å²) in [5, 5.41) is 1.05. The zero-order valence-corrected chi connectivity index (χ0v) is 12.2. The van der Waals surface area contributed by atoms with Gasteiger partial charge in [0.15, 0.2) is 0 Å². The minimum atomic E-state index is -0.511. The van der Waals surface area contributed by atoms with Crippen LogP contribution < -0.4 is 4.74 Å². The smallest absolute Gasteiger partial charge is 0.373 e. The van der Waals surface area contributed by atoms with E-state index in [1.165, 1.54) is 14.2 Å². The fourth-order valence-electron chi connectivity index (χ4n) is 1.91. The molecule has 0 unspecified atom stereocenters. The largest absolute Gasteiger partial charge is 0.497 e. The number of ether oxygens (including phenoxy) is 3. The molecule has 0 spiro atoms. The SMILES string of the molecule is COC(=O)/C(=C/C=C/c1cc2cc(OC)ccc2[nH]1)OC. The number of methoxy groups -OCH3 is 3. The summed E-state index contributed by atoms with van der Waals surface area (Å²) >= 11 is 0. The molecule has 0 saturated heterocycles. The molecular weight excluding hydrogens is 270 g/mol. The number of rotatable bonds is 5. The first-order chi connectivity index (χ1) is 10.2. The first-order valence-electron chi connectivity index (χ1n) is 6.35. The van der Waals surface area contributed by atoms with Gasteiger partial charge in [-0.3, -0.25) is 0 Å². The number of aromatic amines is 1. The average Bonchev–Trinajstić information content (AvgIpc) is 2.92. The normalized spacial score (nSPS) is 11.9. The number of fused-ring (bicyclic) bond motifs is 1. The summed E-state index contributed by atoms with van der Waals surface area (Å²) in [6.07, 6.45) is 5.12. The Kier molecular flexibility index (Phi) is 4.66. The summed E-state index contributed by atoms with van der Waals surface area (Å²) in [5.41, 5.74) is 1.93. The fraction of sp³-hybridized carbons (Fsp3) is 0.188. The van der Waals surface area contributed by atoms with Crippen LogP contribution in [0.3, 0.4) is 0 Å². The van der Waals surface area contributed by atoms with E-state index in [9.17, 15) is 4.79 Å². The lowest BCUT2D eigenvalue weighted by Crippen LogP contribution is -2.05. The van der Waals surface area contributed by atoms with E-state index < -0.39 is 5.97 Å². The number of H-pyrrole nitrogens is 1. The van der Waals surface area contributed by atoms with Gasteiger partial charge in [-0.05, 0) is 36.4 Å². The van der Waals surface area contributed by atoms with Crippen LogP contribution in [-0.4, -0.2) is 32.3 Å². The summed E-state index contributed by atoms with van der Waals surface area (Å²) < 4.78 is 14.7. The number of nitrogens with one attached hydrogen (secondary N) is 1. The van der Waals surface area contributed by atoms with Gasteiger partial charge in [-0.2, -0.15) is 0 Å². The van der Waals surface area contributed by atoms with Crippen LogP contribution in [0, 0.1) is 0 Å². The van der Waals surface area contributed by atoms with Crippen LogP contribution in [0.2, 0.25) is 0 Å². The molecule has 0 amide bonds. The van der Waals surface area contributed by atoms with Gasteiger partial charge < -0.3 is 19.2 Å². The van der Waals surface area contributed by atoms with E-state index in [-0.39, 0.29) is 5.76 Å². The highest BCUT2D eigenvalue weighted by Gasteiger charge is 2.07. The molecule has 1 N–H and O–H groups in total. The molecule has 1 aromatic heterocycles. The molecule has 0 aliphatic rings. The quantitative estimate of drug-likeness (QED) is 0.397. The van der Waals surface area contributed by atoms with Crippen molar-refractivity contribution < 1.29 is 19.0 Å². The van der Waals surface area contributed by atoms with Crippen LogP contribution in [0.1, 0.15) is 5.69 Å². The summed E-state index contributed by atoms with van der Waals surface area (Å²) in [4.78, 5) is 14.6. The Morgan fingerprint density at radius 3 is 2.62 bits per heavy atom. The molecule has 21 heavy (non-hydrogen) atoms. The molecular formula is C16H17NO4. The Bertz CT molecular complexity index is 697. The molecule has 1 heterocycles. The topological polar surface area (TPSA) is 60.5 Å². The van der Waals surface area contributed by atoms with Crippen molar-refractivity contribution in [1.29, 1.82) is 0 Å². The van der Waals surface area contributed by atoms with Crippen molar-refractivity contribution in [2.45, 2.75) is 0 Å². The molecule has 0 bridgehead atoms. The maximum Gasteiger partial charge on any atom is 0.373 e. The van der Waals surface area contributed by atoms with Crippen LogP contribution in [0.15, 0.2) is 42.2 Å². The fourth-order valence-corrected chi connectivity index (χ4v) is 1.91. The predicted molar refractivity (Wildman–Crippen MR) is 81.0 cm³/mol. The number of aromatic nitrogens is 1. The summed E-state index contributed by atoms with van der Waals surface area (Å²) in [7, 11) is 4.37. The molecule has 5 nitrogen and oxygen atoms in total. The van der Waals surface area contributed by atoms with Crippen LogP contribution >= 0.6 is 0 Å². The maximum absolute atomic E-state index is 11.3. The lowest BCUT2D eigenvalue weighted by atomic mass is 10.2. The highest BCUT2D eigenvalue weighted by Crippen LogP contribution is 2.21. The van der Waals surface area contributed by atoms with E-state index in [1.807, 2.05) is 30.3 Å². The minimum Gasteiger partial charge on any atom is -0.497 e. The van der Waals surface area contributed by atoms with Crippen molar-refractivity contribution in [2.24, 2.45) is 0 Å². The van der Waals surface area contributed by atoms with Gasteiger partial charge in [0.2, 0.25) is 5.76 Å². The van der Waals surface area contributed by atoms with Gasteiger partial charge in [0.25, 0.3) is 0 Å². The lowest BCUT2D eigenvalue weighted by molar-refractivity contribution is -0.139. The van der Waals surface area contributed by atoms with Gasteiger partial charge in [0.05, 0.1) is 21.3 Å². The average molecular weight is 287 g/mol. The molecule has 0 atom stereocenters. The molecule has 1 aromatic carbocycles. The van der Waals surface area contributed by atoms with Gasteiger partial charge in [0.1, 0.15) is 5.75 Å². The highest BCUT2D eigenvalue weighted by atomic mass is 16.6. The molecule has 2 rings (SSSR count). The van der Waals surface area contributed by atoms with Gasteiger partial charge in [-0.15, -0.1) is 0 Å². The number of allylic oxidation sites excluding steroid dienone is 2. The zero-order valence-electron chi connectivity index (χ0n) is 12.2. The molecule has 0 saturated carbocycles. The van der Waals surface area contributed by atoms with Crippen LogP contribution in [-0.2, 0) is 14.3 Å². The number of carbonyl (C=O) groups is 1. The van der Waals surface area contributed by atoms with E-state index in [1.54, 1.807) is 19.3 Å². The Morgan fingerprint density at radius 1 is 1.14 bits per heavy atom.